The molecule has 3 aromatic rings. The first-order valence-corrected chi connectivity index (χ1v) is 11.3. The van der Waals surface area contributed by atoms with E-state index in [9.17, 15) is 0 Å². The fourth-order valence-electron chi connectivity index (χ4n) is 1.44. The SMILES string of the molecule is c1c[te]c(-c2ccc(-c3ccc[te]3)[se]2)c1. The molecule has 0 atom stereocenters. The van der Waals surface area contributed by atoms with E-state index in [1.807, 2.05) is 0 Å². The fraction of sp³-hybridized carbons (Fsp3) is 0. The van der Waals surface area contributed by atoms with Gasteiger partial charge in [0.05, 0.1) is 0 Å². The summed E-state index contributed by atoms with van der Waals surface area (Å²) in [5, 5.41) is 0. The monoisotopic (exact) mass is 492 g/mol. The van der Waals surface area contributed by atoms with Crippen LogP contribution in [0.1, 0.15) is 0 Å². The van der Waals surface area contributed by atoms with Crippen LogP contribution < -0.4 is 0 Å². The Morgan fingerprint density at radius 2 is 1.27 bits per heavy atom. The normalized spacial score (nSPS) is 10.7. The van der Waals surface area contributed by atoms with Gasteiger partial charge in [0.15, 0.2) is 0 Å². The Bertz CT molecular complexity index is 483. The summed E-state index contributed by atoms with van der Waals surface area (Å²) >= 11 is 0.662. The van der Waals surface area contributed by atoms with Gasteiger partial charge >= 0.3 is 116 Å². The van der Waals surface area contributed by atoms with Gasteiger partial charge in [-0.2, -0.15) is 0 Å². The first-order chi connectivity index (χ1) is 7.43. The first-order valence-electron chi connectivity index (χ1n) is 4.61. The van der Waals surface area contributed by atoms with E-state index in [1.54, 1.807) is 16.0 Å². The van der Waals surface area contributed by atoms with Crippen LogP contribution in [-0.2, 0) is 0 Å². The summed E-state index contributed by atoms with van der Waals surface area (Å²) in [6.45, 7) is 0. The van der Waals surface area contributed by atoms with E-state index in [0.717, 1.165) is 0 Å². The zero-order chi connectivity index (χ0) is 10.1. The minimum absolute atomic E-state index is 0.0297. The molecule has 0 aromatic carbocycles. The second-order valence-electron chi connectivity index (χ2n) is 3.12. The Labute approximate surface area is 115 Å². The van der Waals surface area contributed by atoms with Gasteiger partial charge in [-0.1, -0.05) is 0 Å². The van der Waals surface area contributed by atoms with Crippen LogP contribution in [0.15, 0.2) is 44.6 Å². The molecule has 0 saturated heterocycles. The molecule has 0 amide bonds. The Balaban J connectivity index is 2.02. The van der Waals surface area contributed by atoms with Crippen molar-refractivity contribution in [3.63, 3.8) is 0 Å². The average Bonchev–Trinajstić information content (AvgIpc) is 3.02. The molecule has 74 valence electrons. The second-order valence-corrected chi connectivity index (χ2v) is 10.8. The van der Waals surface area contributed by atoms with Crippen LogP contribution in [0.2, 0.25) is 0 Å². The van der Waals surface area contributed by atoms with Crippen LogP contribution in [0.25, 0.3) is 16.0 Å². The standard InChI is InChI=1S/C12H8SeTe2/c1-3-11(14-7-1)9-5-6-10(13-9)12-4-2-8-15-12/h1-8H. The molecule has 0 aliphatic rings. The summed E-state index contributed by atoms with van der Waals surface area (Å²) in [6, 6.07) is 13.8. The summed E-state index contributed by atoms with van der Waals surface area (Å²) in [5.41, 5.74) is 0. The molecule has 0 aliphatic carbocycles. The van der Waals surface area contributed by atoms with Gasteiger partial charge < -0.3 is 0 Å². The molecular formula is C12H8SeTe2. The molecule has 0 nitrogen and oxygen atoms in total. The van der Waals surface area contributed by atoms with Crippen LogP contribution in [0.4, 0.5) is 0 Å². The first kappa shape index (κ1) is 10.7. The van der Waals surface area contributed by atoms with Gasteiger partial charge in [-0.05, 0) is 0 Å². The maximum atomic E-state index is 2.37. The van der Waals surface area contributed by atoms with E-state index in [0.29, 0.717) is 14.5 Å². The van der Waals surface area contributed by atoms with Gasteiger partial charge in [-0.15, -0.1) is 0 Å². The number of hydrogen-bond donors (Lipinski definition) is 0. The van der Waals surface area contributed by atoms with Gasteiger partial charge in [0.1, 0.15) is 0 Å². The van der Waals surface area contributed by atoms with E-state index in [1.165, 1.54) is 0 Å². The average molecular weight is 486 g/mol. The van der Waals surface area contributed by atoms with E-state index < -0.39 is 0 Å². The van der Waals surface area contributed by atoms with Gasteiger partial charge in [0.25, 0.3) is 0 Å². The molecule has 0 bridgehead atoms. The molecule has 15 heavy (non-hydrogen) atoms. The van der Waals surface area contributed by atoms with Crippen molar-refractivity contribution in [1.82, 2.24) is 0 Å². The molecule has 0 fully saturated rings. The maximum absolute atomic E-state index is 2.37. The molecule has 0 saturated carbocycles. The van der Waals surface area contributed by atoms with Crippen LogP contribution in [-0.4, -0.2) is 55.4 Å². The van der Waals surface area contributed by atoms with Crippen molar-refractivity contribution in [2.75, 3.05) is 0 Å². The Kier molecular flexibility index (Phi) is 3.42. The van der Waals surface area contributed by atoms with E-state index in [4.69, 9.17) is 0 Å². The number of rotatable bonds is 2. The van der Waals surface area contributed by atoms with E-state index in [-0.39, 0.29) is 40.9 Å². The van der Waals surface area contributed by atoms with Crippen molar-refractivity contribution in [3.8, 4) is 16.0 Å². The van der Waals surface area contributed by atoms with E-state index in [2.05, 4.69) is 44.6 Å². The summed E-state index contributed by atoms with van der Waals surface area (Å²) in [5.74, 6) is 0. The molecule has 3 rings (SSSR count). The third-order valence-corrected chi connectivity index (χ3v) is 11.5. The Morgan fingerprint density at radius 3 is 1.67 bits per heavy atom. The molecule has 0 spiro atoms. The van der Waals surface area contributed by atoms with Gasteiger partial charge in [-0.3, -0.25) is 0 Å². The third kappa shape index (κ3) is 2.30. The molecule has 3 heteroatoms. The van der Waals surface area contributed by atoms with Gasteiger partial charge in [0.2, 0.25) is 0 Å². The fourth-order valence-corrected chi connectivity index (χ4v) is 9.49. The van der Waals surface area contributed by atoms with Crippen molar-refractivity contribution in [2.45, 2.75) is 0 Å². The topological polar surface area (TPSA) is 0 Å². The molecule has 0 unspecified atom stereocenters. The van der Waals surface area contributed by atoms with Crippen molar-refractivity contribution < 1.29 is 0 Å². The molecule has 3 aromatic heterocycles. The van der Waals surface area contributed by atoms with Crippen LogP contribution >= 0.6 is 0 Å². The Hall–Kier alpha value is 0.539. The predicted molar refractivity (Wildman–Crippen MR) is 68.1 cm³/mol. The van der Waals surface area contributed by atoms with Crippen molar-refractivity contribution in [1.29, 1.82) is 0 Å². The summed E-state index contributed by atoms with van der Waals surface area (Å²) in [4.78, 5) is 0. The third-order valence-electron chi connectivity index (χ3n) is 2.13. The van der Waals surface area contributed by atoms with Crippen molar-refractivity contribution >= 4 is 55.4 Å². The molecular weight excluding hydrogens is 478 g/mol. The zero-order valence-electron chi connectivity index (χ0n) is 7.84. The molecule has 0 aliphatic heterocycles. The summed E-state index contributed by atoms with van der Waals surface area (Å²) < 4.78 is 11.4. The van der Waals surface area contributed by atoms with Crippen molar-refractivity contribution in [2.24, 2.45) is 0 Å². The Morgan fingerprint density at radius 1 is 0.733 bits per heavy atom. The predicted octanol–water partition coefficient (Wildman–Crippen LogP) is 2.19. The molecule has 0 N–H and O–H groups in total. The quantitative estimate of drug-likeness (QED) is 0.488. The molecule has 3 heterocycles. The number of hydrogen-bond acceptors (Lipinski definition) is 0. The zero-order valence-corrected chi connectivity index (χ0v) is 14.2. The van der Waals surface area contributed by atoms with E-state index >= 15 is 0 Å². The van der Waals surface area contributed by atoms with Crippen LogP contribution in [0, 0.1) is 0 Å². The summed E-state index contributed by atoms with van der Waals surface area (Å²) in [6.07, 6.45) is 0. The summed E-state index contributed by atoms with van der Waals surface area (Å²) in [7, 11) is 0. The van der Waals surface area contributed by atoms with Crippen LogP contribution in [0.3, 0.4) is 0 Å². The van der Waals surface area contributed by atoms with Gasteiger partial charge in [-0.25, -0.2) is 0 Å². The van der Waals surface area contributed by atoms with Gasteiger partial charge in [0, 0.05) is 0 Å². The minimum atomic E-state index is 0.0297. The second kappa shape index (κ2) is 4.81. The molecule has 0 radical (unpaired) electrons. The van der Waals surface area contributed by atoms with Crippen LogP contribution in [0.5, 0.6) is 0 Å². The van der Waals surface area contributed by atoms with Crippen molar-refractivity contribution in [3.05, 3.63) is 44.6 Å².